The summed E-state index contributed by atoms with van der Waals surface area (Å²) in [5.41, 5.74) is 2.11. The number of halogens is 2. The van der Waals surface area contributed by atoms with Crippen LogP contribution < -0.4 is 10.6 Å². The van der Waals surface area contributed by atoms with Gasteiger partial charge in [-0.2, -0.15) is 0 Å². The standard InChI is InChI=1S/C20H24ClFN2O/c1-14(2)20(16-5-7-17(21)8-6-16)24-13-19(25)23-12-11-15-3-9-18(22)10-4-15/h3-10,14,20,24H,11-13H2,1-2H3,(H,23,25). The molecule has 0 aliphatic heterocycles. The predicted octanol–water partition coefficient (Wildman–Crippen LogP) is 4.12. The Hall–Kier alpha value is -1.91. The number of benzene rings is 2. The summed E-state index contributed by atoms with van der Waals surface area (Å²) < 4.78 is 12.9. The van der Waals surface area contributed by atoms with Gasteiger partial charge in [0, 0.05) is 17.6 Å². The Morgan fingerprint density at radius 3 is 2.32 bits per heavy atom. The van der Waals surface area contributed by atoms with E-state index in [0.29, 0.717) is 23.9 Å². The molecule has 0 aliphatic rings. The minimum atomic E-state index is -0.251. The first-order chi connectivity index (χ1) is 12.0. The molecule has 0 fully saturated rings. The molecule has 0 aromatic heterocycles. The maximum Gasteiger partial charge on any atom is 0.233 e. The number of amides is 1. The SMILES string of the molecule is CC(C)C(NCC(=O)NCCc1ccc(F)cc1)c1ccc(Cl)cc1. The topological polar surface area (TPSA) is 41.1 Å². The molecule has 134 valence electrons. The molecule has 0 saturated heterocycles. The van der Waals surface area contributed by atoms with Gasteiger partial charge in [-0.05, 0) is 47.7 Å². The van der Waals surface area contributed by atoms with Crippen LogP contribution in [-0.2, 0) is 11.2 Å². The van der Waals surface area contributed by atoms with Crippen molar-refractivity contribution < 1.29 is 9.18 Å². The molecule has 2 N–H and O–H groups in total. The molecular formula is C20H24ClFN2O. The summed E-state index contributed by atoms with van der Waals surface area (Å²) in [4.78, 5) is 12.0. The number of hydrogen-bond acceptors (Lipinski definition) is 2. The van der Waals surface area contributed by atoms with Crippen molar-refractivity contribution in [3.8, 4) is 0 Å². The van der Waals surface area contributed by atoms with E-state index < -0.39 is 0 Å². The van der Waals surface area contributed by atoms with Gasteiger partial charge in [-0.3, -0.25) is 4.79 Å². The maximum atomic E-state index is 12.9. The minimum absolute atomic E-state index is 0.0540. The van der Waals surface area contributed by atoms with Gasteiger partial charge in [0.15, 0.2) is 0 Å². The molecule has 1 unspecified atom stereocenters. The monoisotopic (exact) mass is 362 g/mol. The van der Waals surface area contributed by atoms with Crippen LogP contribution in [0.2, 0.25) is 5.02 Å². The van der Waals surface area contributed by atoms with Gasteiger partial charge in [-0.1, -0.05) is 49.7 Å². The van der Waals surface area contributed by atoms with E-state index in [1.54, 1.807) is 12.1 Å². The fraction of sp³-hybridized carbons (Fsp3) is 0.350. The highest BCUT2D eigenvalue weighted by Gasteiger charge is 2.16. The average molecular weight is 363 g/mol. The second kappa shape index (κ2) is 9.54. The third-order valence-corrected chi connectivity index (χ3v) is 4.28. The van der Waals surface area contributed by atoms with Gasteiger partial charge in [-0.15, -0.1) is 0 Å². The zero-order valence-corrected chi connectivity index (χ0v) is 15.3. The molecule has 2 aromatic carbocycles. The van der Waals surface area contributed by atoms with E-state index in [9.17, 15) is 9.18 Å². The van der Waals surface area contributed by atoms with Crippen LogP contribution >= 0.6 is 11.6 Å². The van der Waals surface area contributed by atoms with E-state index in [2.05, 4.69) is 24.5 Å². The summed E-state index contributed by atoms with van der Waals surface area (Å²) in [6, 6.07) is 14.1. The number of nitrogens with one attached hydrogen (secondary N) is 2. The fourth-order valence-electron chi connectivity index (χ4n) is 2.67. The molecular weight excluding hydrogens is 339 g/mol. The summed E-state index contributed by atoms with van der Waals surface area (Å²) in [6.45, 7) is 4.99. The van der Waals surface area contributed by atoms with Crippen LogP contribution in [0.15, 0.2) is 48.5 Å². The second-order valence-electron chi connectivity index (χ2n) is 6.38. The Balaban J connectivity index is 1.78. The fourth-order valence-corrected chi connectivity index (χ4v) is 2.80. The molecule has 0 aliphatic carbocycles. The van der Waals surface area contributed by atoms with Gasteiger partial charge in [0.25, 0.3) is 0 Å². The van der Waals surface area contributed by atoms with Gasteiger partial charge < -0.3 is 10.6 Å². The largest absolute Gasteiger partial charge is 0.355 e. The summed E-state index contributed by atoms with van der Waals surface area (Å²) in [6.07, 6.45) is 0.677. The van der Waals surface area contributed by atoms with Crippen molar-refractivity contribution in [2.45, 2.75) is 26.3 Å². The van der Waals surface area contributed by atoms with Crippen molar-refractivity contribution in [1.82, 2.24) is 10.6 Å². The highest BCUT2D eigenvalue weighted by Crippen LogP contribution is 2.22. The summed E-state index contributed by atoms with van der Waals surface area (Å²) in [5, 5.41) is 6.89. The maximum absolute atomic E-state index is 12.9. The van der Waals surface area contributed by atoms with E-state index >= 15 is 0 Å². The first kappa shape index (κ1) is 19.4. The first-order valence-corrected chi connectivity index (χ1v) is 8.83. The van der Waals surface area contributed by atoms with Crippen LogP contribution in [0.3, 0.4) is 0 Å². The van der Waals surface area contributed by atoms with Crippen LogP contribution in [0.25, 0.3) is 0 Å². The first-order valence-electron chi connectivity index (χ1n) is 8.45. The van der Waals surface area contributed by atoms with Gasteiger partial charge in [0.2, 0.25) is 5.91 Å². The predicted molar refractivity (Wildman–Crippen MR) is 100 cm³/mol. The smallest absolute Gasteiger partial charge is 0.233 e. The van der Waals surface area contributed by atoms with Crippen LogP contribution in [0.1, 0.15) is 31.0 Å². The van der Waals surface area contributed by atoms with Crippen molar-refractivity contribution >= 4 is 17.5 Å². The number of carbonyl (C=O) groups excluding carboxylic acids is 1. The molecule has 1 amide bonds. The Morgan fingerprint density at radius 1 is 1.08 bits per heavy atom. The normalized spacial score (nSPS) is 12.2. The van der Waals surface area contributed by atoms with Crippen molar-refractivity contribution in [3.63, 3.8) is 0 Å². The molecule has 0 spiro atoms. The Bertz CT molecular complexity index is 671. The summed E-state index contributed by atoms with van der Waals surface area (Å²) in [7, 11) is 0. The third-order valence-electron chi connectivity index (χ3n) is 4.03. The zero-order valence-electron chi connectivity index (χ0n) is 14.6. The average Bonchev–Trinajstić information content (AvgIpc) is 2.58. The van der Waals surface area contributed by atoms with E-state index in [-0.39, 0.29) is 24.3 Å². The molecule has 0 saturated carbocycles. The van der Waals surface area contributed by atoms with E-state index in [1.807, 2.05) is 24.3 Å². The van der Waals surface area contributed by atoms with Crippen LogP contribution in [0.4, 0.5) is 4.39 Å². The van der Waals surface area contributed by atoms with Crippen LogP contribution in [-0.4, -0.2) is 19.0 Å². The van der Waals surface area contributed by atoms with Crippen molar-refractivity contribution in [3.05, 3.63) is 70.5 Å². The van der Waals surface area contributed by atoms with Crippen LogP contribution in [0, 0.1) is 11.7 Å². The van der Waals surface area contributed by atoms with Gasteiger partial charge in [0.1, 0.15) is 5.82 Å². The Morgan fingerprint density at radius 2 is 1.72 bits per heavy atom. The highest BCUT2D eigenvalue weighted by molar-refractivity contribution is 6.30. The molecule has 25 heavy (non-hydrogen) atoms. The zero-order chi connectivity index (χ0) is 18.2. The van der Waals surface area contributed by atoms with E-state index in [4.69, 9.17) is 11.6 Å². The van der Waals surface area contributed by atoms with Gasteiger partial charge in [0.05, 0.1) is 6.54 Å². The quantitative estimate of drug-likeness (QED) is 0.741. The molecule has 0 bridgehead atoms. The lowest BCUT2D eigenvalue weighted by Crippen LogP contribution is -2.38. The molecule has 3 nitrogen and oxygen atoms in total. The molecule has 2 rings (SSSR count). The summed E-state index contributed by atoms with van der Waals surface area (Å²) >= 11 is 5.93. The molecule has 0 radical (unpaired) electrons. The summed E-state index contributed by atoms with van der Waals surface area (Å²) in [5.74, 6) is 0.0360. The molecule has 1 atom stereocenters. The molecule has 0 heterocycles. The number of hydrogen-bond donors (Lipinski definition) is 2. The Kier molecular flexibility index (Phi) is 7.41. The van der Waals surface area contributed by atoms with E-state index in [1.165, 1.54) is 12.1 Å². The second-order valence-corrected chi connectivity index (χ2v) is 6.82. The van der Waals surface area contributed by atoms with Gasteiger partial charge in [-0.25, -0.2) is 4.39 Å². The lowest BCUT2D eigenvalue weighted by molar-refractivity contribution is -0.120. The Labute approximate surface area is 153 Å². The lowest BCUT2D eigenvalue weighted by Gasteiger charge is -2.23. The van der Waals surface area contributed by atoms with Crippen LogP contribution in [0.5, 0.6) is 0 Å². The number of carbonyl (C=O) groups is 1. The number of rotatable bonds is 8. The highest BCUT2D eigenvalue weighted by atomic mass is 35.5. The van der Waals surface area contributed by atoms with Crippen molar-refractivity contribution in [1.29, 1.82) is 0 Å². The van der Waals surface area contributed by atoms with Gasteiger partial charge >= 0.3 is 0 Å². The minimum Gasteiger partial charge on any atom is -0.355 e. The lowest BCUT2D eigenvalue weighted by atomic mass is 9.96. The van der Waals surface area contributed by atoms with Crippen molar-refractivity contribution in [2.75, 3.05) is 13.1 Å². The third kappa shape index (κ3) is 6.48. The molecule has 5 heteroatoms. The van der Waals surface area contributed by atoms with E-state index in [0.717, 1.165) is 11.1 Å². The molecule has 2 aromatic rings. The van der Waals surface area contributed by atoms with Crippen molar-refractivity contribution in [2.24, 2.45) is 5.92 Å².